The minimum atomic E-state index is -0.912. The quantitative estimate of drug-likeness (QED) is 0.865. The number of anilines is 1. The summed E-state index contributed by atoms with van der Waals surface area (Å²) in [6.45, 7) is 3.94. The summed E-state index contributed by atoms with van der Waals surface area (Å²) in [5, 5.41) is 21.2. The van der Waals surface area contributed by atoms with Gasteiger partial charge in [-0.1, -0.05) is 33.1 Å². The lowest BCUT2D eigenvalue weighted by Crippen LogP contribution is -2.25. The van der Waals surface area contributed by atoms with Crippen LogP contribution in [0.5, 0.6) is 0 Å². The molecule has 5 nitrogen and oxygen atoms in total. The molecule has 1 saturated carbocycles. The highest BCUT2D eigenvalue weighted by Gasteiger charge is 2.23. The molecule has 1 heterocycles. The summed E-state index contributed by atoms with van der Waals surface area (Å²) in [6, 6.07) is 0.327. The first-order valence-electron chi connectivity index (χ1n) is 7.55. The lowest BCUT2D eigenvalue weighted by atomic mass is 9.95. The van der Waals surface area contributed by atoms with E-state index in [1.807, 2.05) is 13.8 Å². The van der Waals surface area contributed by atoms with E-state index in [0.29, 0.717) is 30.3 Å². The number of carboxylic acid groups (broad SMARTS) is 1. The first kappa shape index (κ1) is 14.8. The average Bonchev–Trinajstić information content (AvgIpc) is 2.47. The van der Waals surface area contributed by atoms with Gasteiger partial charge in [-0.05, 0) is 31.2 Å². The summed E-state index contributed by atoms with van der Waals surface area (Å²) in [6.07, 6.45) is 7.20. The van der Waals surface area contributed by atoms with Crippen molar-refractivity contribution in [3.8, 4) is 0 Å². The smallest absolute Gasteiger partial charge is 0.339 e. The Morgan fingerprint density at radius 1 is 1.20 bits per heavy atom. The fraction of sp³-hybridized carbons (Fsp3) is 0.667. The van der Waals surface area contributed by atoms with Gasteiger partial charge >= 0.3 is 5.97 Å². The zero-order valence-electron chi connectivity index (χ0n) is 12.3. The minimum Gasteiger partial charge on any atom is -0.478 e. The topological polar surface area (TPSA) is 75.1 Å². The minimum absolute atomic E-state index is 0.310. The molecule has 0 radical (unpaired) electrons. The van der Waals surface area contributed by atoms with Gasteiger partial charge in [-0.2, -0.15) is 5.10 Å². The molecular weight excluding hydrogens is 254 g/mol. The molecule has 0 spiro atoms. The number of nitrogens with zero attached hydrogens (tertiary/aromatic N) is 2. The third kappa shape index (κ3) is 3.08. The van der Waals surface area contributed by atoms with Crippen LogP contribution in [0, 0.1) is 0 Å². The van der Waals surface area contributed by atoms with Crippen molar-refractivity contribution >= 4 is 11.8 Å². The monoisotopic (exact) mass is 277 g/mol. The number of carbonyl (C=O) groups is 1. The van der Waals surface area contributed by atoms with E-state index in [0.717, 1.165) is 24.1 Å². The second-order valence-electron chi connectivity index (χ2n) is 5.34. The summed E-state index contributed by atoms with van der Waals surface area (Å²) in [5.41, 5.74) is 1.91. The van der Waals surface area contributed by atoms with Crippen molar-refractivity contribution in [2.24, 2.45) is 0 Å². The van der Waals surface area contributed by atoms with E-state index in [-0.39, 0.29) is 0 Å². The van der Waals surface area contributed by atoms with Gasteiger partial charge in [0.25, 0.3) is 0 Å². The highest BCUT2D eigenvalue weighted by atomic mass is 16.4. The van der Waals surface area contributed by atoms with Crippen LogP contribution in [-0.4, -0.2) is 27.3 Å². The Kier molecular flexibility index (Phi) is 4.93. The maximum atomic E-state index is 11.6. The first-order valence-corrected chi connectivity index (χ1v) is 7.55. The third-order valence-corrected chi connectivity index (χ3v) is 4.01. The van der Waals surface area contributed by atoms with Crippen molar-refractivity contribution < 1.29 is 9.90 Å². The molecule has 1 aliphatic rings. The molecule has 2 rings (SSSR count). The molecule has 20 heavy (non-hydrogen) atoms. The zero-order chi connectivity index (χ0) is 14.5. The summed E-state index contributed by atoms with van der Waals surface area (Å²) >= 11 is 0. The summed E-state index contributed by atoms with van der Waals surface area (Å²) in [4.78, 5) is 11.6. The standard InChI is InChI=1S/C15H23N3O2/c1-3-11-12(4-2)17-18-14(13(11)15(19)20)16-10-8-6-5-7-9-10/h10H,3-9H2,1-2H3,(H,16,18)(H,19,20). The molecule has 2 N–H and O–H groups in total. The van der Waals surface area contributed by atoms with Crippen molar-refractivity contribution in [3.05, 3.63) is 16.8 Å². The molecule has 0 unspecified atom stereocenters. The predicted octanol–water partition coefficient (Wildman–Crippen LogP) is 3.04. The molecule has 0 bridgehead atoms. The van der Waals surface area contributed by atoms with E-state index in [2.05, 4.69) is 15.5 Å². The normalized spacial score (nSPS) is 16.1. The van der Waals surface area contributed by atoms with Gasteiger partial charge in [0.05, 0.1) is 5.69 Å². The molecule has 0 aliphatic heterocycles. The van der Waals surface area contributed by atoms with Crippen LogP contribution < -0.4 is 5.32 Å². The number of aromatic carboxylic acids is 1. The van der Waals surface area contributed by atoms with Crippen LogP contribution in [0.3, 0.4) is 0 Å². The van der Waals surface area contributed by atoms with Gasteiger partial charge < -0.3 is 10.4 Å². The van der Waals surface area contributed by atoms with Gasteiger partial charge in [-0.15, -0.1) is 5.10 Å². The molecule has 0 aromatic carbocycles. The van der Waals surface area contributed by atoms with Crippen LogP contribution in [0.2, 0.25) is 0 Å². The molecule has 1 fully saturated rings. The van der Waals surface area contributed by atoms with Crippen LogP contribution in [-0.2, 0) is 12.8 Å². The van der Waals surface area contributed by atoms with Crippen LogP contribution in [0.25, 0.3) is 0 Å². The molecule has 5 heteroatoms. The van der Waals surface area contributed by atoms with Crippen LogP contribution in [0.4, 0.5) is 5.82 Å². The molecule has 0 amide bonds. The summed E-state index contributed by atoms with van der Waals surface area (Å²) in [5.74, 6) is -0.469. The Balaban J connectivity index is 2.33. The molecule has 110 valence electrons. The second kappa shape index (κ2) is 6.68. The van der Waals surface area contributed by atoms with E-state index >= 15 is 0 Å². The van der Waals surface area contributed by atoms with E-state index in [1.54, 1.807) is 0 Å². The summed E-state index contributed by atoms with van der Waals surface area (Å²) < 4.78 is 0. The summed E-state index contributed by atoms with van der Waals surface area (Å²) in [7, 11) is 0. The van der Waals surface area contributed by atoms with Gasteiger partial charge in [0.15, 0.2) is 5.82 Å². The van der Waals surface area contributed by atoms with E-state index in [9.17, 15) is 9.90 Å². The SMILES string of the molecule is CCc1nnc(NC2CCCCC2)c(C(=O)O)c1CC. The number of aromatic nitrogens is 2. The maximum absolute atomic E-state index is 11.6. The van der Waals surface area contributed by atoms with Gasteiger partial charge in [0.1, 0.15) is 5.56 Å². The Morgan fingerprint density at radius 3 is 2.45 bits per heavy atom. The number of carboxylic acids is 1. The Hall–Kier alpha value is -1.65. The second-order valence-corrected chi connectivity index (χ2v) is 5.34. The van der Waals surface area contributed by atoms with Crippen LogP contribution in [0.15, 0.2) is 0 Å². The molecule has 0 atom stereocenters. The molecule has 1 aliphatic carbocycles. The van der Waals surface area contributed by atoms with Gasteiger partial charge in [-0.25, -0.2) is 4.79 Å². The number of hydrogen-bond acceptors (Lipinski definition) is 4. The molecular formula is C15H23N3O2. The Bertz CT molecular complexity index is 482. The largest absolute Gasteiger partial charge is 0.478 e. The van der Waals surface area contributed by atoms with Gasteiger partial charge in [-0.3, -0.25) is 0 Å². The Morgan fingerprint density at radius 2 is 1.90 bits per heavy atom. The van der Waals surface area contributed by atoms with Crippen molar-refractivity contribution in [1.82, 2.24) is 10.2 Å². The fourth-order valence-electron chi connectivity index (χ4n) is 2.94. The number of aryl methyl sites for hydroxylation is 1. The lowest BCUT2D eigenvalue weighted by Gasteiger charge is -2.24. The maximum Gasteiger partial charge on any atom is 0.339 e. The number of nitrogens with one attached hydrogen (secondary N) is 1. The van der Waals surface area contributed by atoms with Crippen molar-refractivity contribution in [2.75, 3.05) is 5.32 Å². The van der Waals surface area contributed by atoms with E-state index < -0.39 is 5.97 Å². The predicted molar refractivity (Wildman–Crippen MR) is 78.2 cm³/mol. The molecule has 1 aromatic heterocycles. The van der Waals surface area contributed by atoms with Crippen molar-refractivity contribution in [2.45, 2.75) is 64.8 Å². The zero-order valence-corrected chi connectivity index (χ0v) is 12.3. The molecule has 0 saturated heterocycles. The van der Waals surface area contributed by atoms with Crippen molar-refractivity contribution in [1.29, 1.82) is 0 Å². The number of hydrogen-bond donors (Lipinski definition) is 2. The highest BCUT2D eigenvalue weighted by Crippen LogP contribution is 2.25. The first-order chi connectivity index (χ1) is 9.67. The van der Waals surface area contributed by atoms with Crippen LogP contribution in [0.1, 0.15) is 67.6 Å². The lowest BCUT2D eigenvalue weighted by molar-refractivity contribution is 0.0696. The van der Waals surface area contributed by atoms with E-state index in [4.69, 9.17) is 0 Å². The van der Waals surface area contributed by atoms with Gasteiger partial charge in [0.2, 0.25) is 0 Å². The Labute approximate surface area is 119 Å². The van der Waals surface area contributed by atoms with E-state index in [1.165, 1.54) is 19.3 Å². The van der Waals surface area contributed by atoms with Gasteiger partial charge in [0, 0.05) is 6.04 Å². The third-order valence-electron chi connectivity index (χ3n) is 4.01. The van der Waals surface area contributed by atoms with Crippen molar-refractivity contribution in [3.63, 3.8) is 0 Å². The molecule has 1 aromatic rings. The fourth-order valence-corrected chi connectivity index (χ4v) is 2.94. The van der Waals surface area contributed by atoms with Crippen LogP contribution >= 0.6 is 0 Å². The number of rotatable bonds is 5. The average molecular weight is 277 g/mol. The highest BCUT2D eigenvalue weighted by molar-refractivity contribution is 5.95.